The van der Waals surface area contributed by atoms with Crippen molar-refractivity contribution >= 4 is 41.0 Å². The predicted octanol–water partition coefficient (Wildman–Crippen LogP) is 4.57. The molecule has 1 saturated heterocycles. The SMILES string of the molecule is CCOC(=O)c1cccc(Nc2ccc3c(n2)N(C2CCN(C(=O)OC(C)(C)C)CC2)[C@H](C)C(=O)N3C)c1. The minimum absolute atomic E-state index is 0.00304. The summed E-state index contributed by atoms with van der Waals surface area (Å²) >= 11 is 0. The molecule has 2 aliphatic rings. The molecular formula is C28H37N5O5. The van der Waals surface area contributed by atoms with Gasteiger partial charge in [0.15, 0.2) is 5.82 Å². The molecule has 2 aromatic rings. The molecule has 2 amide bonds. The number of piperidine rings is 1. The highest BCUT2D eigenvalue weighted by Crippen LogP contribution is 2.38. The summed E-state index contributed by atoms with van der Waals surface area (Å²) in [5.41, 5.74) is 1.34. The molecule has 4 rings (SSSR count). The Morgan fingerprint density at radius 1 is 1.13 bits per heavy atom. The van der Waals surface area contributed by atoms with E-state index in [1.54, 1.807) is 42.0 Å². The van der Waals surface area contributed by atoms with Crippen LogP contribution in [-0.4, -0.2) is 72.3 Å². The van der Waals surface area contributed by atoms with E-state index in [-0.39, 0.29) is 24.0 Å². The van der Waals surface area contributed by atoms with Crippen molar-refractivity contribution in [3.63, 3.8) is 0 Å². The van der Waals surface area contributed by atoms with Gasteiger partial charge < -0.3 is 29.5 Å². The fourth-order valence-electron chi connectivity index (χ4n) is 4.89. The van der Waals surface area contributed by atoms with E-state index in [1.807, 2.05) is 45.9 Å². The van der Waals surface area contributed by atoms with E-state index in [9.17, 15) is 14.4 Å². The van der Waals surface area contributed by atoms with E-state index in [1.165, 1.54) is 0 Å². The smallest absolute Gasteiger partial charge is 0.410 e. The van der Waals surface area contributed by atoms with Crippen LogP contribution in [-0.2, 0) is 14.3 Å². The van der Waals surface area contributed by atoms with Crippen molar-refractivity contribution in [2.75, 3.05) is 41.9 Å². The second kappa shape index (κ2) is 10.9. The number of benzene rings is 1. The highest BCUT2D eigenvalue weighted by Gasteiger charge is 2.40. The zero-order valence-corrected chi connectivity index (χ0v) is 23.0. The van der Waals surface area contributed by atoms with E-state index in [0.29, 0.717) is 55.4 Å². The van der Waals surface area contributed by atoms with E-state index >= 15 is 0 Å². The molecule has 0 saturated carbocycles. The zero-order valence-electron chi connectivity index (χ0n) is 23.0. The average Bonchev–Trinajstić information content (AvgIpc) is 2.87. The number of amides is 2. The van der Waals surface area contributed by atoms with Gasteiger partial charge in [-0.15, -0.1) is 0 Å². The maximum atomic E-state index is 13.1. The number of pyridine rings is 1. The van der Waals surface area contributed by atoms with Gasteiger partial charge in [-0.2, -0.15) is 0 Å². The van der Waals surface area contributed by atoms with Crippen LogP contribution in [0.15, 0.2) is 36.4 Å². The molecule has 1 aromatic carbocycles. The summed E-state index contributed by atoms with van der Waals surface area (Å²) < 4.78 is 10.6. The number of carbonyl (C=O) groups is 3. The van der Waals surface area contributed by atoms with Crippen LogP contribution in [0.25, 0.3) is 0 Å². The molecule has 2 aliphatic heterocycles. The number of rotatable bonds is 5. The molecule has 0 aliphatic carbocycles. The number of aromatic nitrogens is 1. The first kappa shape index (κ1) is 27.2. The molecule has 10 nitrogen and oxygen atoms in total. The molecule has 0 unspecified atom stereocenters. The lowest BCUT2D eigenvalue weighted by molar-refractivity contribution is -0.119. The molecular weight excluding hydrogens is 486 g/mol. The molecule has 0 bridgehead atoms. The second-order valence-corrected chi connectivity index (χ2v) is 10.6. The van der Waals surface area contributed by atoms with Crippen molar-refractivity contribution in [2.24, 2.45) is 0 Å². The summed E-state index contributed by atoms with van der Waals surface area (Å²) in [6.07, 6.45) is 1.08. The maximum Gasteiger partial charge on any atom is 0.410 e. The van der Waals surface area contributed by atoms with Gasteiger partial charge in [-0.25, -0.2) is 14.6 Å². The number of nitrogens with zero attached hydrogens (tertiary/aromatic N) is 4. The van der Waals surface area contributed by atoms with Crippen LogP contribution in [0.4, 0.5) is 27.8 Å². The van der Waals surface area contributed by atoms with Gasteiger partial charge >= 0.3 is 12.1 Å². The molecule has 1 atom stereocenters. The summed E-state index contributed by atoms with van der Waals surface area (Å²) in [7, 11) is 1.76. The number of ether oxygens (including phenoxy) is 2. The van der Waals surface area contributed by atoms with Crippen molar-refractivity contribution in [1.29, 1.82) is 0 Å². The highest BCUT2D eigenvalue weighted by molar-refractivity contribution is 6.04. The van der Waals surface area contributed by atoms with Gasteiger partial charge in [-0.05, 0) is 77.8 Å². The number of nitrogens with one attached hydrogen (secondary N) is 1. The molecule has 1 aromatic heterocycles. The van der Waals surface area contributed by atoms with Crippen LogP contribution >= 0.6 is 0 Å². The van der Waals surface area contributed by atoms with E-state index in [4.69, 9.17) is 14.5 Å². The van der Waals surface area contributed by atoms with Crippen LogP contribution in [0.1, 0.15) is 57.8 Å². The first-order chi connectivity index (χ1) is 18.0. The fourth-order valence-corrected chi connectivity index (χ4v) is 4.89. The first-order valence-corrected chi connectivity index (χ1v) is 13.1. The maximum absolute atomic E-state index is 13.1. The number of hydrogen-bond acceptors (Lipinski definition) is 8. The minimum atomic E-state index is -0.547. The van der Waals surface area contributed by atoms with Crippen molar-refractivity contribution < 1.29 is 23.9 Å². The van der Waals surface area contributed by atoms with Gasteiger partial charge in [0.05, 0.1) is 17.9 Å². The van der Waals surface area contributed by atoms with Crippen LogP contribution < -0.4 is 15.1 Å². The number of hydrogen-bond donors (Lipinski definition) is 1. The van der Waals surface area contributed by atoms with Crippen LogP contribution in [0.3, 0.4) is 0 Å². The third-order valence-corrected chi connectivity index (χ3v) is 6.72. The lowest BCUT2D eigenvalue weighted by Crippen LogP contribution is -2.57. The standard InChI is InChI=1S/C28H37N5O5/c1-7-37-26(35)19-9-8-10-20(17-19)29-23-12-11-22-24(30-23)33(18(2)25(34)31(22)6)21-13-15-32(16-14-21)27(36)38-28(3,4)5/h8-12,17-18,21H,7,13-16H2,1-6H3,(H,29,30)/t18-/m1/s1. The van der Waals surface area contributed by atoms with E-state index < -0.39 is 11.6 Å². The van der Waals surface area contributed by atoms with Crippen molar-refractivity contribution in [3.8, 4) is 0 Å². The molecule has 38 heavy (non-hydrogen) atoms. The van der Waals surface area contributed by atoms with Crippen LogP contribution in [0.5, 0.6) is 0 Å². The van der Waals surface area contributed by atoms with Crippen molar-refractivity contribution in [3.05, 3.63) is 42.0 Å². The van der Waals surface area contributed by atoms with Gasteiger partial charge in [0.25, 0.3) is 0 Å². The molecule has 3 heterocycles. The summed E-state index contributed by atoms with van der Waals surface area (Å²) in [5.74, 6) is 0.918. The Morgan fingerprint density at radius 3 is 2.50 bits per heavy atom. The predicted molar refractivity (Wildman–Crippen MR) is 146 cm³/mol. The van der Waals surface area contributed by atoms with E-state index in [2.05, 4.69) is 10.2 Å². The number of fused-ring (bicyclic) bond motifs is 1. The Hall–Kier alpha value is -3.82. The molecule has 1 fully saturated rings. The second-order valence-electron chi connectivity index (χ2n) is 10.6. The summed E-state index contributed by atoms with van der Waals surface area (Å²) in [4.78, 5) is 48.2. The Morgan fingerprint density at radius 2 is 1.84 bits per heavy atom. The summed E-state index contributed by atoms with van der Waals surface area (Å²) in [6, 6.07) is 10.4. The van der Waals surface area contributed by atoms with Crippen molar-refractivity contribution in [1.82, 2.24) is 9.88 Å². The lowest BCUT2D eigenvalue weighted by atomic mass is 9.99. The van der Waals surface area contributed by atoms with Crippen LogP contribution in [0.2, 0.25) is 0 Å². The third-order valence-electron chi connectivity index (χ3n) is 6.72. The molecule has 0 radical (unpaired) electrons. The Labute approximate surface area is 223 Å². The van der Waals surface area contributed by atoms with Gasteiger partial charge in [-0.3, -0.25) is 4.79 Å². The largest absolute Gasteiger partial charge is 0.462 e. The highest BCUT2D eigenvalue weighted by atomic mass is 16.6. The Kier molecular flexibility index (Phi) is 7.80. The number of likely N-dealkylation sites (tertiary alicyclic amines) is 1. The summed E-state index contributed by atoms with van der Waals surface area (Å²) in [5, 5.41) is 3.28. The molecule has 10 heteroatoms. The monoisotopic (exact) mass is 523 g/mol. The van der Waals surface area contributed by atoms with Gasteiger partial charge in [0.1, 0.15) is 17.5 Å². The zero-order chi connectivity index (χ0) is 27.6. The lowest BCUT2D eigenvalue weighted by Gasteiger charge is -2.46. The number of esters is 1. The van der Waals surface area contributed by atoms with Crippen LogP contribution in [0, 0.1) is 0 Å². The van der Waals surface area contributed by atoms with Gasteiger partial charge in [0, 0.05) is 31.9 Å². The quantitative estimate of drug-likeness (QED) is 0.569. The third kappa shape index (κ3) is 5.84. The number of likely N-dealkylation sites (N-methyl/N-ethyl adjacent to an activating group) is 1. The van der Waals surface area contributed by atoms with Gasteiger partial charge in [0.2, 0.25) is 5.91 Å². The Bertz CT molecular complexity index is 1200. The normalized spacial score (nSPS) is 18.2. The topological polar surface area (TPSA) is 104 Å². The number of anilines is 4. The number of carbonyl (C=O) groups excluding carboxylic acids is 3. The average molecular weight is 524 g/mol. The molecule has 0 spiro atoms. The minimum Gasteiger partial charge on any atom is -0.462 e. The van der Waals surface area contributed by atoms with Crippen molar-refractivity contribution in [2.45, 2.75) is 65.1 Å². The van der Waals surface area contributed by atoms with E-state index in [0.717, 1.165) is 5.69 Å². The Balaban J connectivity index is 1.56. The first-order valence-electron chi connectivity index (χ1n) is 13.1. The molecule has 1 N–H and O–H groups in total. The fraction of sp³-hybridized carbons (Fsp3) is 0.500. The van der Waals surface area contributed by atoms with Gasteiger partial charge in [-0.1, -0.05) is 6.07 Å². The molecule has 204 valence electrons. The summed E-state index contributed by atoms with van der Waals surface area (Å²) in [6.45, 7) is 10.6.